The molecule has 5 heteroatoms. The van der Waals surface area contributed by atoms with Crippen LogP contribution in [0.25, 0.3) is 0 Å². The van der Waals surface area contributed by atoms with Gasteiger partial charge >= 0.3 is 0 Å². The van der Waals surface area contributed by atoms with Gasteiger partial charge in [0.05, 0.1) is 6.54 Å². The van der Waals surface area contributed by atoms with E-state index in [1.807, 2.05) is 7.05 Å². The van der Waals surface area contributed by atoms with Gasteiger partial charge in [-0.3, -0.25) is 4.68 Å². The molecule has 0 aliphatic carbocycles. The topological polar surface area (TPSA) is 52.0 Å². The molecule has 1 aliphatic rings. The predicted molar refractivity (Wildman–Crippen MR) is 56.3 cm³/mol. The lowest BCUT2D eigenvalue weighted by atomic mass is 10.0. The molecular formula is C10H18N4O. The highest BCUT2D eigenvalue weighted by atomic mass is 16.5. The molecule has 1 aromatic heterocycles. The second-order valence-electron chi connectivity index (χ2n) is 3.99. The molecule has 5 nitrogen and oxygen atoms in total. The van der Waals surface area contributed by atoms with Gasteiger partial charge in [-0.15, -0.1) is 0 Å². The smallest absolute Gasteiger partial charge is 0.140 e. The molecule has 0 spiro atoms. The number of hydrogen-bond donors (Lipinski definition) is 1. The number of aromatic nitrogens is 3. The molecule has 0 aromatic carbocycles. The van der Waals surface area contributed by atoms with Crippen LogP contribution < -0.4 is 5.32 Å². The van der Waals surface area contributed by atoms with E-state index >= 15 is 0 Å². The largest absolute Gasteiger partial charge is 0.381 e. The van der Waals surface area contributed by atoms with Crippen LogP contribution in [0.4, 0.5) is 0 Å². The minimum Gasteiger partial charge on any atom is -0.381 e. The van der Waals surface area contributed by atoms with Gasteiger partial charge in [-0.25, -0.2) is 4.98 Å². The maximum atomic E-state index is 5.32. The molecule has 1 fully saturated rings. The molecule has 1 aromatic rings. The van der Waals surface area contributed by atoms with Crippen LogP contribution in [0.15, 0.2) is 6.33 Å². The number of hydrogen-bond acceptors (Lipinski definition) is 4. The molecule has 2 rings (SSSR count). The van der Waals surface area contributed by atoms with Crippen LogP contribution in [0.5, 0.6) is 0 Å². The summed E-state index contributed by atoms with van der Waals surface area (Å²) in [5.74, 6) is 1.74. The SMILES string of the molecule is Cn1ncnc1CNCC1CCOCC1. The van der Waals surface area contributed by atoms with Crippen molar-refractivity contribution in [3.05, 3.63) is 12.2 Å². The Morgan fingerprint density at radius 2 is 2.33 bits per heavy atom. The first-order valence-corrected chi connectivity index (χ1v) is 5.47. The first-order valence-electron chi connectivity index (χ1n) is 5.47. The molecule has 0 radical (unpaired) electrons. The quantitative estimate of drug-likeness (QED) is 0.778. The monoisotopic (exact) mass is 210 g/mol. The van der Waals surface area contributed by atoms with E-state index in [1.165, 1.54) is 12.8 Å². The molecule has 0 amide bonds. The van der Waals surface area contributed by atoms with E-state index in [0.29, 0.717) is 0 Å². The zero-order chi connectivity index (χ0) is 10.5. The fourth-order valence-electron chi connectivity index (χ4n) is 1.82. The normalized spacial score (nSPS) is 18.2. The summed E-state index contributed by atoms with van der Waals surface area (Å²) in [5, 5.41) is 7.45. The van der Waals surface area contributed by atoms with Gasteiger partial charge in [0.25, 0.3) is 0 Å². The Kier molecular flexibility index (Phi) is 3.69. The molecule has 1 N–H and O–H groups in total. The zero-order valence-electron chi connectivity index (χ0n) is 9.15. The summed E-state index contributed by atoms with van der Waals surface area (Å²) < 4.78 is 7.12. The van der Waals surface area contributed by atoms with E-state index in [2.05, 4.69) is 15.4 Å². The molecule has 1 saturated heterocycles. The molecule has 0 bridgehead atoms. The summed E-state index contributed by atoms with van der Waals surface area (Å²) in [4.78, 5) is 4.16. The van der Waals surface area contributed by atoms with E-state index < -0.39 is 0 Å². The van der Waals surface area contributed by atoms with Crippen molar-refractivity contribution in [1.29, 1.82) is 0 Å². The number of nitrogens with one attached hydrogen (secondary N) is 1. The lowest BCUT2D eigenvalue weighted by Crippen LogP contribution is -2.28. The fraction of sp³-hybridized carbons (Fsp3) is 0.800. The van der Waals surface area contributed by atoms with E-state index in [-0.39, 0.29) is 0 Å². The zero-order valence-corrected chi connectivity index (χ0v) is 9.15. The highest BCUT2D eigenvalue weighted by Crippen LogP contribution is 2.13. The molecular weight excluding hydrogens is 192 g/mol. The summed E-state index contributed by atoms with van der Waals surface area (Å²) in [6.07, 6.45) is 3.93. The Balaban J connectivity index is 1.68. The van der Waals surface area contributed by atoms with Crippen LogP contribution >= 0.6 is 0 Å². The molecule has 0 unspecified atom stereocenters. The van der Waals surface area contributed by atoms with Gasteiger partial charge in [-0.2, -0.15) is 5.10 Å². The fourth-order valence-corrected chi connectivity index (χ4v) is 1.82. The number of aryl methyl sites for hydroxylation is 1. The third kappa shape index (κ3) is 3.00. The van der Waals surface area contributed by atoms with Crippen molar-refractivity contribution in [2.24, 2.45) is 13.0 Å². The van der Waals surface area contributed by atoms with Gasteiger partial charge in [-0.1, -0.05) is 0 Å². The maximum absolute atomic E-state index is 5.32. The van der Waals surface area contributed by atoms with Crippen molar-refractivity contribution in [1.82, 2.24) is 20.1 Å². The van der Waals surface area contributed by atoms with Crippen molar-refractivity contribution in [2.75, 3.05) is 19.8 Å². The Labute approximate surface area is 89.8 Å². The first kappa shape index (κ1) is 10.6. The molecule has 84 valence electrons. The maximum Gasteiger partial charge on any atom is 0.140 e. The predicted octanol–water partition coefficient (Wildman–Crippen LogP) is 0.331. The molecule has 0 saturated carbocycles. The van der Waals surface area contributed by atoms with E-state index in [1.54, 1.807) is 11.0 Å². The molecule has 2 heterocycles. The Morgan fingerprint density at radius 3 is 3.00 bits per heavy atom. The van der Waals surface area contributed by atoms with Crippen molar-refractivity contribution < 1.29 is 4.74 Å². The molecule has 1 aliphatic heterocycles. The lowest BCUT2D eigenvalue weighted by molar-refractivity contribution is 0.0661. The van der Waals surface area contributed by atoms with Gasteiger partial charge in [0.1, 0.15) is 12.2 Å². The number of rotatable bonds is 4. The van der Waals surface area contributed by atoms with Gasteiger partial charge in [-0.05, 0) is 25.3 Å². The van der Waals surface area contributed by atoms with E-state index in [0.717, 1.165) is 38.0 Å². The van der Waals surface area contributed by atoms with Crippen LogP contribution in [-0.4, -0.2) is 34.5 Å². The molecule has 15 heavy (non-hydrogen) atoms. The standard InChI is InChI=1S/C10H18N4O/c1-14-10(12-8-13-14)7-11-6-9-2-4-15-5-3-9/h8-9,11H,2-7H2,1H3. The van der Waals surface area contributed by atoms with Crippen molar-refractivity contribution in [3.8, 4) is 0 Å². The summed E-state index contributed by atoms with van der Waals surface area (Å²) in [6, 6.07) is 0. The number of ether oxygens (including phenoxy) is 1. The lowest BCUT2D eigenvalue weighted by Gasteiger charge is -2.22. The van der Waals surface area contributed by atoms with Crippen LogP contribution in [0.1, 0.15) is 18.7 Å². The van der Waals surface area contributed by atoms with Crippen molar-refractivity contribution >= 4 is 0 Å². The second kappa shape index (κ2) is 5.23. The van der Waals surface area contributed by atoms with Crippen LogP contribution in [-0.2, 0) is 18.3 Å². The highest BCUT2D eigenvalue weighted by Gasteiger charge is 2.13. The second-order valence-corrected chi connectivity index (χ2v) is 3.99. The summed E-state index contributed by atoms with van der Waals surface area (Å²) in [5.41, 5.74) is 0. The van der Waals surface area contributed by atoms with Crippen molar-refractivity contribution in [2.45, 2.75) is 19.4 Å². The van der Waals surface area contributed by atoms with E-state index in [4.69, 9.17) is 4.74 Å². The van der Waals surface area contributed by atoms with Crippen molar-refractivity contribution in [3.63, 3.8) is 0 Å². The number of nitrogens with zero attached hydrogens (tertiary/aromatic N) is 3. The van der Waals surface area contributed by atoms with Gasteiger partial charge in [0.2, 0.25) is 0 Å². The average Bonchev–Trinajstić information content (AvgIpc) is 2.66. The summed E-state index contributed by atoms with van der Waals surface area (Å²) >= 11 is 0. The first-order chi connectivity index (χ1) is 7.36. The molecule has 0 atom stereocenters. The Hall–Kier alpha value is -0.940. The third-order valence-electron chi connectivity index (χ3n) is 2.86. The Morgan fingerprint density at radius 1 is 1.53 bits per heavy atom. The van der Waals surface area contributed by atoms with Crippen LogP contribution in [0.2, 0.25) is 0 Å². The minimum atomic E-state index is 0.756. The minimum absolute atomic E-state index is 0.756. The Bertz CT molecular complexity index is 293. The third-order valence-corrected chi connectivity index (χ3v) is 2.86. The van der Waals surface area contributed by atoms with Gasteiger partial charge in [0.15, 0.2) is 0 Å². The van der Waals surface area contributed by atoms with E-state index in [9.17, 15) is 0 Å². The van der Waals surface area contributed by atoms with Gasteiger partial charge < -0.3 is 10.1 Å². The summed E-state index contributed by atoms with van der Waals surface area (Å²) in [7, 11) is 1.92. The summed E-state index contributed by atoms with van der Waals surface area (Å²) in [6.45, 7) is 3.68. The average molecular weight is 210 g/mol. The van der Waals surface area contributed by atoms with Gasteiger partial charge in [0, 0.05) is 20.3 Å². The van der Waals surface area contributed by atoms with Crippen LogP contribution in [0.3, 0.4) is 0 Å². The highest BCUT2D eigenvalue weighted by molar-refractivity contribution is 4.82. The van der Waals surface area contributed by atoms with Crippen LogP contribution in [0, 0.1) is 5.92 Å².